The van der Waals surface area contributed by atoms with Crippen LogP contribution in [0.4, 0.5) is 4.79 Å². The van der Waals surface area contributed by atoms with E-state index in [1.165, 1.54) is 0 Å². The molecule has 24 heavy (non-hydrogen) atoms. The monoisotopic (exact) mass is 351 g/mol. The van der Waals surface area contributed by atoms with Gasteiger partial charge in [-0.1, -0.05) is 18.2 Å². The fraction of sp³-hybridized carbons (Fsp3) is 0.500. The first-order chi connectivity index (χ1) is 11.4. The van der Waals surface area contributed by atoms with E-state index in [1.54, 1.807) is 34.1 Å². The predicted molar refractivity (Wildman–Crippen MR) is 89.5 cm³/mol. The van der Waals surface area contributed by atoms with Gasteiger partial charge in [0.1, 0.15) is 0 Å². The summed E-state index contributed by atoms with van der Waals surface area (Å²) < 4.78 is 24.3. The molecule has 3 amide bonds. The Morgan fingerprint density at radius 1 is 1.08 bits per heavy atom. The number of nitrogens with one attached hydrogen (secondary N) is 1. The van der Waals surface area contributed by atoms with E-state index in [0.717, 1.165) is 0 Å². The van der Waals surface area contributed by atoms with Gasteiger partial charge in [-0.2, -0.15) is 0 Å². The molecular weight excluding hydrogens is 330 g/mol. The van der Waals surface area contributed by atoms with Crippen molar-refractivity contribution in [3.8, 4) is 0 Å². The molecule has 0 saturated carbocycles. The molecule has 0 spiro atoms. The number of carbonyl (C=O) groups is 2. The maximum Gasteiger partial charge on any atom is 0.317 e. The summed E-state index contributed by atoms with van der Waals surface area (Å²) >= 11 is 0. The van der Waals surface area contributed by atoms with Crippen molar-refractivity contribution in [3.63, 3.8) is 0 Å². The zero-order valence-electron chi connectivity index (χ0n) is 13.5. The van der Waals surface area contributed by atoms with Crippen molar-refractivity contribution in [1.29, 1.82) is 0 Å². The van der Waals surface area contributed by atoms with E-state index in [-0.39, 0.29) is 23.4 Å². The van der Waals surface area contributed by atoms with Gasteiger partial charge >= 0.3 is 6.03 Å². The number of benzene rings is 1. The average Bonchev–Trinajstić information content (AvgIpc) is 2.89. The summed E-state index contributed by atoms with van der Waals surface area (Å²) in [4.78, 5) is 28.2. The molecule has 0 bridgehead atoms. The molecule has 7 nitrogen and oxygen atoms in total. The Labute approximate surface area is 141 Å². The highest BCUT2D eigenvalue weighted by Gasteiger charge is 2.49. The molecule has 0 aromatic heterocycles. The van der Waals surface area contributed by atoms with E-state index in [1.807, 2.05) is 13.0 Å². The van der Waals surface area contributed by atoms with Crippen LogP contribution < -0.4 is 5.32 Å². The highest BCUT2D eigenvalue weighted by Crippen LogP contribution is 2.28. The highest BCUT2D eigenvalue weighted by molar-refractivity contribution is 7.91. The lowest BCUT2D eigenvalue weighted by Gasteiger charge is -2.43. The van der Waals surface area contributed by atoms with Crippen LogP contribution in [0.5, 0.6) is 0 Å². The van der Waals surface area contributed by atoms with Gasteiger partial charge in [0.05, 0.1) is 23.6 Å². The lowest BCUT2D eigenvalue weighted by molar-refractivity contribution is 0.0428. The number of amides is 3. The normalized spacial score (nSPS) is 25.2. The first-order valence-electron chi connectivity index (χ1n) is 8.04. The van der Waals surface area contributed by atoms with Crippen LogP contribution >= 0.6 is 0 Å². The molecule has 1 N–H and O–H groups in total. The first kappa shape index (κ1) is 16.8. The van der Waals surface area contributed by atoms with Crippen molar-refractivity contribution in [3.05, 3.63) is 35.9 Å². The summed E-state index contributed by atoms with van der Waals surface area (Å²) in [5.41, 5.74) is 0.534. The zero-order valence-corrected chi connectivity index (χ0v) is 14.3. The molecule has 2 aliphatic heterocycles. The third-order valence-corrected chi connectivity index (χ3v) is 6.25. The number of urea groups is 1. The minimum atomic E-state index is -3.27. The fourth-order valence-electron chi connectivity index (χ4n) is 3.46. The van der Waals surface area contributed by atoms with Crippen LogP contribution in [0.2, 0.25) is 0 Å². The summed E-state index contributed by atoms with van der Waals surface area (Å²) in [7, 11) is -3.27. The van der Waals surface area contributed by atoms with E-state index in [2.05, 4.69) is 5.32 Å². The van der Waals surface area contributed by atoms with E-state index < -0.39 is 21.9 Å². The van der Waals surface area contributed by atoms with Crippen molar-refractivity contribution >= 4 is 21.8 Å². The van der Waals surface area contributed by atoms with Crippen LogP contribution in [0.25, 0.3) is 0 Å². The Hall–Kier alpha value is -2.09. The van der Waals surface area contributed by atoms with Crippen molar-refractivity contribution < 1.29 is 18.0 Å². The Morgan fingerprint density at radius 2 is 1.67 bits per heavy atom. The third kappa shape index (κ3) is 3.10. The van der Waals surface area contributed by atoms with Gasteiger partial charge in [0, 0.05) is 25.2 Å². The average molecular weight is 351 g/mol. The number of nitrogens with zero attached hydrogens (tertiary/aromatic N) is 2. The Balaban J connectivity index is 1.87. The number of hydrogen-bond donors (Lipinski definition) is 1. The standard InChI is InChI=1S/C16H21N3O4S/c1-2-17-16(21)19-9-8-18(13-10-24(22,23)11-14(13)19)15(20)12-6-4-3-5-7-12/h3-7,13-14H,2,8-11H2,1H3,(H,17,21). The molecule has 130 valence electrons. The number of rotatable bonds is 2. The number of hydrogen-bond acceptors (Lipinski definition) is 4. The maximum absolute atomic E-state index is 12.8. The molecule has 2 fully saturated rings. The molecule has 1 aromatic carbocycles. The second-order valence-corrected chi connectivity index (χ2v) is 8.26. The topological polar surface area (TPSA) is 86.8 Å². The van der Waals surface area contributed by atoms with Gasteiger partial charge in [0.2, 0.25) is 0 Å². The van der Waals surface area contributed by atoms with E-state index in [4.69, 9.17) is 0 Å². The molecule has 8 heteroatoms. The van der Waals surface area contributed by atoms with Crippen molar-refractivity contribution in [2.75, 3.05) is 31.1 Å². The van der Waals surface area contributed by atoms with Gasteiger partial charge in [-0.25, -0.2) is 13.2 Å². The van der Waals surface area contributed by atoms with Gasteiger partial charge < -0.3 is 15.1 Å². The molecule has 2 aliphatic rings. The molecule has 2 atom stereocenters. The second-order valence-electron chi connectivity index (χ2n) is 6.11. The lowest BCUT2D eigenvalue weighted by Crippen LogP contribution is -2.63. The van der Waals surface area contributed by atoms with Gasteiger partial charge in [-0.05, 0) is 19.1 Å². The Morgan fingerprint density at radius 3 is 2.29 bits per heavy atom. The van der Waals surface area contributed by atoms with Crippen molar-refractivity contribution in [1.82, 2.24) is 15.1 Å². The molecule has 2 saturated heterocycles. The summed E-state index contributed by atoms with van der Waals surface area (Å²) in [5.74, 6) is -0.363. The summed E-state index contributed by atoms with van der Waals surface area (Å²) in [6.45, 7) is 2.96. The zero-order chi connectivity index (χ0) is 17.3. The SMILES string of the molecule is CCNC(=O)N1CCN(C(=O)c2ccccc2)C2CS(=O)(=O)CC21. The predicted octanol–water partition coefficient (Wildman–Crippen LogP) is 0.340. The summed E-state index contributed by atoms with van der Waals surface area (Å²) in [5, 5.41) is 2.72. The van der Waals surface area contributed by atoms with Crippen LogP contribution in [0.3, 0.4) is 0 Å². The van der Waals surface area contributed by atoms with Crippen molar-refractivity contribution in [2.24, 2.45) is 0 Å². The largest absolute Gasteiger partial charge is 0.338 e. The molecule has 0 radical (unpaired) electrons. The van der Waals surface area contributed by atoms with Gasteiger partial charge in [-0.15, -0.1) is 0 Å². The van der Waals surface area contributed by atoms with Crippen LogP contribution in [0, 0.1) is 0 Å². The van der Waals surface area contributed by atoms with E-state index in [9.17, 15) is 18.0 Å². The van der Waals surface area contributed by atoms with E-state index >= 15 is 0 Å². The second kappa shape index (κ2) is 6.43. The molecular formula is C16H21N3O4S. The maximum atomic E-state index is 12.8. The van der Waals surface area contributed by atoms with Gasteiger partial charge in [-0.3, -0.25) is 4.79 Å². The quantitative estimate of drug-likeness (QED) is 0.832. The first-order valence-corrected chi connectivity index (χ1v) is 9.86. The number of sulfone groups is 1. The Bertz CT molecular complexity index is 735. The molecule has 0 aliphatic carbocycles. The van der Waals surface area contributed by atoms with Crippen molar-refractivity contribution in [2.45, 2.75) is 19.0 Å². The van der Waals surface area contributed by atoms with Crippen LogP contribution in [-0.2, 0) is 9.84 Å². The van der Waals surface area contributed by atoms with Crippen LogP contribution in [-0.4, -0.2) is 73.4 Å². The molecule has 3 rings (SSSR count). The van der Waals surface area contributed by atoms with E-state index in [0.29, 0.717) is 25.2 Å². The van der Waals surface area contributed by atoms with Gasteiger partial charge in [0.15, 0.2) is 9.84 Å². The van der Waals surface area contributed by atoms with Crippen LogP contribution in [0.15, 0.2) is 30.3 Å². The number of fused-ring (bicyclic) bond motifs is 1. The third-order valence-electron chi connectivity index (χ3n) is 4.55. The number of carbonyl (C=O) groups excluding carboxylic acids is 2. The molecule has 1 aromatic rings. The molecule has 2 unspecified atom stereocenters. The minimum Gasteiger partial charge on any atom is -0.338 e. The fourth-order valence-corrected chi connectivity index (χ4v) is 5.44. The Kier molecular flexibility index (Phi) is 4.49. The smallest absolute Gasteiger partial charge is 0.317 e. The summed E-state index contributed by atoms with van der Waals surface area (Å²) in [6.07, 6.45) is 0. The number of piperazine rings is 1. The minimum absolute atomic E-state index is 0.0899. The summed E-state index contributed by atoms with van der Waals surface area (Å²) in [6, 6.07) is 7.58. The van der Waals surface area contributed by atoms with Crippen LogP contribution in [0.1, 0.15) is 17.3 Å². The molecule has 2 heterocycles. The lowest BCUT2D eigenvalue weighted by atomic mass is 10.0. The highest BCUT2D eigenvalue weighted by atomic mass is 32.2. The van der Waals surface area contributed by atoms with Gasteiger partial charge in [0.25, 0.3) is 5.91 Å².